The maximum atomic E-state index is 11.7. The molecule has 1 aromatic carbocycles. The SMILES string of the molecule is CSCC[C@H](NC(=O)COc1ccc(C)c(C)c1)C(=O)O. The van der Waals surface area contributed by atoms with Crippen LogP contribution in [0.2, 0.25) is 0 Å². The molecule has 1 rings (SSSR count). The van der Waals surface area contributed by atoms with Gasteiger partial charge in [-0.1, -0.05) is 6.07 Å². The van der Waals surface area contributed by atoms with E-state index in [1.807, 2.05) is 32.2 Å². The van der Waals surface area contributed by atoms with E-state index in [0.717, 1.165) is 11.1 Å². The Morgan fingerprint density at radius 3 is 2.62 bits per heavy atom. The summed E-state index contributed by atoms with van der Waals surface area (Å²) in [5, 5.41) is 11.5. The van der Waals surface area contributed by atoms with Crippen molar-refractivity contribution >= 4 is 23.6 Å². The lowest BCUT2D eigenvalue weighted by Gasteiger charge is -2.14. The zero-order valence-corrected chi connectivity index (χ0v) is 13.3. The van der Waals surface area contributed by atoms with Crippen molar-refractivity contribution in [3.63, 3.8) is 0 Å². The highest BCUT2D eigenvalue weighted by Crippen LogP contribution is 2.16. The van der Waals surface area contributed by atoms with Gasteiger partial charge < -0.3 is 15.2 Å². The van der Waals surface area contributed by atoms with Crippen molar-refractivity contribution in [2.45, 2.75) is 26.3 Å². The van der Waals surface area contributed by atoms with Gasteiger partial charge in [-0.25, -0.2) is 4.79 Å². The van der Waals surface area contributed by atoms with Crippen LogP contribution in [0, 0.1) is 13.8 Å². The summed E-state index contributed by atoms with van der Waals surface area (Å²) in [7, 11) is 0. The molecule has 6 heteroatoms. The van der Waals surface area contributed by atoms with Crippen LogP contribution in [0.5, 0.6) is 5.75 Å². The van der Waals surface area contributed by atoms with Crippen molar-refractivity contribution < 1.29 is 19.4 Å². The van der Waals surface area contributed by atoms with Crippen molar-refractivity contribution in [1.29, 1.82) is 0 Å². The average Bonchev–Trinajstić information content (AvgIpc) is 2.44. The molecule has 0 saturated heterocycles. The molecule has 0 bridgehead atoms. The number of carbonyl (C=O) groups excluding carboxylic acids is 1. The highest BCUT2D eigenvalue weighted by molar-refractivity contribution is 7.98. The number of aliphatic carboxylic acids is 1. The van der Waals surface area contributed by atoms with Crippen LogP contribution in [0.25, 0.3) is 0 Å². The molecular weight excluding hydrogens is 290 g/mol. The molecule has 0 aliphatic carbocycles. The molecule has 5 nitrogen and oxygen atoms in total. The van der Waals surface area contributed by atoms with Crippen molar-refractivity contribution in [1.82, 2.24) is 5.32 Å². The zero-order valence-electron chi connectivity index (χ0n) is 12.5. The van der Waals surface area contributed by atoms with Crippen LogP contribution in [0.15, 0.2) is 18.2 Å². The van der Waals surface area contributed by atoms with Crippen LogP contribution >= 0.6 is 11.8 Å². The average molecular weight is 311 g/mol. The summed E-state index contributed by atoms with van der Waals surface area (Å²) in [5.74, 6) is -0.176. The van der Waals surface area contributed by atoms with E-state index in [2.05, 4.69) is 5.32 Å². The summed E-state index contributed by atoms with van der Waals surface area (Å²) in [6, 6.07) is 4.69. The molecule has 0 radical (unpaired) electrons. The van der Waals surface area contributed by atoms with E-state index >= 15 is 0 Å². The van der Waals surface area contributed by atoms with Crippen LogP contribution in [-0.2, 0) is 9.59 Å². The first-order valence-corrected chi connectivity index (χ1v) is 8.04. The third kappa shape index (κ3) is 6.08. The van der Waals surface area contributed by atoms with E-state index in [0.29, 0.717) is 17.9 Å². The van der Waals surface area contributed by atoms with Crippen molar-refractivity contribution in [2.24, 2.45) is 0 Å². The van der Waals surface area contributed by atoms with E-state index in [1.165, 1.54) is 0 Å². The molecule has 2 N–H and O–H groups in total. The minimum atomic E-state index is -1.02. The molecule has 0 saturated carbocycles. The number of carboxylic acid groups (broad SMARTS) is 1. The topological polar surface area (TPSA) is 75.6 Å². The lowest BCUT2D eigenvalue weighted by molar-refractivity contribution is -0.142. The van der Waals surface area contributed by atoms with Crippen molar-refractivity contribution in [3.8, 4) is 5.75 Å². The van der Waals surface area contributed by atoms with Gasteiger partial charge in [-0.2, -0.15) is 11.8 Å². The number of hydrogen-bond acceptors (Lipinski definition) is 4. The van der Waals surface area contributed by atoms with E-state index in [9.17, 15) is 9.59 Å². The predicted octanol–water partition coefficient (Wildman–Crippen LogP) is 2.00. The summed E-state index contributed by atoms with van der Waals surface area (Å²) in [5.41, 5.74) is 2.23. The third-order valence-corrected chi connectivity index (χ3v) is 3.74. The summed E-state index contributed by atoms with van der Waals surface area (Å²) in [4.78, 5) is 22.8. The minimum absolute atomic E-state index is 0.189. The third-order valence-electron chi connectivity index (χ3n) is 3.09. The molecule has 0 fully saturated rings. The molecule has 1 aromatic rings. The molecule has 116 valence electrons. The normalized spacial score (nSPS) is 11.8. The lowest BCUT2D eigenvalue weighted by atomic mass is 10.1. The number of aryl methyl sites for hydroxylation is 2. The van der Waals surface area contributed by atoms with Gasteiger partial charge in [0.1, 0.15) is 11.8 Å². The fraction of sp³-hybridized carbons (Fsp3) is 0.467. The summed E-state index contributed by atoms with van der Waals surface area (Å²) in [6.07, 6.45) is 2.29. The zero-order chi connectivity index (χ0) is 15.8. The van der Waals surface area contributed by atoms with Gasteiger partial charge in [-0.05, 0) is 55.5 Å². The van der Waals surface area contributed by atoms with Gasteiger partial charge in [0.2, 0.25) is 0 Å². The number of hydrogen-bond donors (Lipinski definition) is 2. The monoisotopic (exact) mass is 311 g/mol. The highest BCUT2D eigenvalue weighted by Gasteiger charge is 2.19. The van der Waals surface area contributed by atoms with E-state index in [-0.39, 0.29) is 6.61 Å². The molecule has 0 heterocycles. The maximum Gasteiger partial charge on any atom is 0.326 e. The number of thioether (sulfide) groups is 1. The number of ether oxygens (including phenoxy) is 1. The molecule has 0 aliphatic heterocycles. The number of rotatable bonds is 8. The van der Waals surface area contributed by atoms with Crippen LogP contribution in [-0.4, -0.2) is 41.6 Å². The Morgan fingerprint density at radius 1 is 1.33 bits per heavy atom. The van der Waals surface area contributed by atoms with Gasteiger partial charge in [0.25, 0.3) is 5.91 Å². The highest BCUT2D eigenvalue weighted by atomic mass is 32.2. The Kier molecular flexibility index (Phi) is 7.08. The smallest absolute Gasteiger partial charge is 0.326 e. The van der Waals surface area contributed by atoms with Gasteiger partial charge >= 0.3 is 5.97 Å². The summed E-state index contributed by atoms with van der Waals surface area (Å²) in [6.45, 7) is 3.77. The van der Waals surface area contributed by atoms with E-state index in [1.54, 1.807) is 17.8 Å². The second kappa shape index (κ2) is 8.56. The quantitative estimate of drug-likeness (QED) is 0.768. The molecule has 1 atom stereocenters. The predicted molar refractivity (Wildman–Crippen MR) is 84.0 cm³/mol. The van der Waals surface area contributed by atoms with Crippen LogP contribution < -0.4 is 10.1 Å². The largest absolute Gasteiger partial charge is 0.484 e. The Balaban J connectivity index is 2.48. The second-order valence-electron chi connectivity index (χ2n) is 4.77. The molecule has 0 aromatic heterocycles. The Hall–Kier alpha value is -1.69. The molecule has 21 heavy (non-hydrogen) atoms. The van der Waals surface area contributed by atoms with E-state index < -0.39 is 17.9 Å². The minimum Gasteiger partial charge on any atom is -0.484 e. The van der Waals surface area contributed by atoms with E-state index in [4.69, 9.17) is 9.84 Å². The Labute approximate surface area is 129 Å². The summed E-state index contributed by atoms with van der Waals surface area (Å²) < 4.78 is 5.38. The van der Waals surface area contributed by atoms with Crippen molar-refractivity contribution in [3.05, 3.63) is 29.3 Å². The van der Waals surface area contributed by atoms with Gasteiger partial charge in [-0.3, -0.25) is 4.79 Å². The number of carboxylic acids is 1. The molecular formula is C15H21NO4S. The standard InChI is InChI=1S/C15H21NO4S/c1-10-4-5-12(8-11(10)2)20-9-14(17)16-13(15(18)19)6-7-21-3/h4-5,8,13H,6-7,9H2,1-3H3,(H,16,17)(H,18,19)/t13-/m0/s1. The van der Waals surface area contributed by atoms with Gasteiger partial charge in [-0.15, -0.1) is 0 Å². The first kappa shape index (κ1) is 17.4. The number of carbonyl (C=O) groups is 2. The van der Waals surface area contributed by atoms with Gasteiger partial charge in [0.15, 0.2) is 6.61 Å². The first-order chi connectivity index (χ1) is 9.93. The molecule has 0 spiro atoms. The Morgan fingerprint density at radius 2 is 2.05 bits per heavy atom. The van der Waals surface area contributed by atoms with Gasteiger partial charge in [0, 0.05) is 0 Å². The molecule has 1 amide bonds. The van der Waals surface area contributed by atoms with Crippen LogP contribution in [0.4, 0.5) is 0 Å². The van der Waals surface area contributed by atoms with Gasteiger partial charge in [0.05, 0.1) is 0 Å². The Bertz CT molecular complexity index is 504. The molecule has 0 unspecified atom stereocenters. The lowest BCUT2D eigenvalue weighted by Crippen LogP contribution is -2.43. The summed E-state index contributed by atoms with van der Waals surface area (Å²) >= 11 is 1.54. The fourth-order valence-electron chi connectivity index (χ4n) is 1.68. The fourth-order valence-corrected chi connectivity index (χ4v) is 2.15. The van der Waals surface area contributed by atoms with Crippen LogP contribution in [0.1, 0.15) is 17.5 Å². The number of benzene rings is 1. The molecule has 0 aliphatic rings. The first-order valence-electron chi connectivity index (χ1n) is 6.65. The maximum absolute atomic E-state index is 11.7. The number of nitrogens with one attached hydrogen (secondary N) is 1. The van der Waals surface area contributed by atoms with Crippen molar-refractivity contribution in [2.75, 3.05) is 18.6 Å². The van der Waals surface area contributed by atoms with Crippen LogP contribution in [0.3, 0.4) is 0 Å². The second-order valence-corrected chi connectivity index (χ2v) is 5.76. The number of amides is 1.